The van der Waals surface area contributed by atoms with Crippen LogP contribution in [0.3, 0.4) is 0 Å². The van der Waals surface area contributed by atoms with E-state index in [1.54, 1.807) is 0 Å². The third kappa shape index (κ3) is 3.43. The van der Waals surface area contributed by atoms with Crippen molar-refractivity contribution in [3.63, 3.8) is 0 Å². The smallest absolute Gasteiger partial charge is 0.0908 e. The molecule has 1 nitrogen and oxygen atoms in total. The molecule has 1 fully saturated rings. The van der Waals surface area contributed by atoms with E-state index >= 15 is 0 Å². The zero-order chi connectivity index (χ0) is 14.5. The van der Waals surface area contributed by atoms with Gasteiger partial charge < -0.3 is 4.74 Å². The molecule has 0 amide bonds. The van der Waals surface area contributed by atoms with Crippen LogP contribution in [0.25, 0.3) is 6.08 Å². The SMILES string of the molecule is C[C@@]1(c2ccccc2)CC[C@@H](C/C=C/c2ccccc2)O1. The van der Waals surface area contributed by atoms with Crippen molar-refractivity contribution in [1.29, 1.82) is 0 Å². The van der Waals surface area contributed by atoms with E-state index in [2.05, 4.69) is 73.7 Å². The second-order valence-electron chi connectivity index (χ2n) is 5.92. The lowest BCUT2D eigenvalue weighted by Gasteiger charge is -2.25. The number of rotatable bonds is 4. The fourth-order valence-electron chi connectivity index (χ4n) is 3.01. The minimum Gasteiger partial charge on any atom is -0.367 e. The van der Waals surface area contributed by atoms with Crippen LogP contribution in [-0.4, -0.2) is 6.10 Å². The van der Waals surface area contributed by atoms with Crippen molar-refractivity contribution in [2.24, 2.45) is 0 Å². The Morgan fingerprint density at radius 1 is 1.05 bits per heavy atom. The fraction of sp³-hybridized carbons (Fsp3) is 0.300. The second kappa shape index (κ2) is 6.28. The third-order valence-electron chi connectivity index (χ3n) is 4.26. The molecule has 0 saturated carbocycles. The standard InChI is InChI=1S/C20H22O/c1-20(18-12-6-3-7-13-18)16-15-19(21-20)14-8-11-17-9-4-2-5-10-17/h2-13,19H,14-16H2,1H3/b11-8+/t19-,20+/m1/s1. The van der Waals surface area contributed by atoms with E-state index in [1.807, 2.05) is 6.07 Å². The van der Waals surface area contributed by atoms with Crippen LogP contribution < -0.4 is 0 Å². The Labute approximate surface area is 127 Å². The summed E-state index contributed by atoms with van der Waals surface area (Å²) < 4.78 is 6.32. The van der Waals surface area contributed by atoms with Gasteiger partial charge >= 0.3 is 0 Å². The van der Waals surface area contributed by atoms with Crippen LogP contribution in [-0.2, 0) is 10.3 Å². The molecule has 1 heteroatoms. The molecule has 0 aliphatic carbocycles. The molecule has 2 atom stereocenters. The molecule has 2 aromatic carbocycles. The normalized spacial score (nSPS) is 25.5. The van der Waals surface area contributed by atoms with Gasteiger partial charge in [-0.05, 0) is 37.3 Å². The molecule has 21 heavy (non-hydrogen) atoms. The van der Waals surface area contributed by atoms with E-state index in [0.29, 0.717) is 6.10 Å². The van der Waals surface area contributed by atoms with E-state index in [0.717, 1.165) is 19.3 Å². The van der Waals surface area contributed by atoms with Crippen LogP contribution in [0.5, 0.6) is 0 Å². The molecular weight excluding hydrogens is 256 g/mol. The first-order chi connectivity index (χ1) is 10.3. The Morgan fingerprint density at radius 2 is 1.71 bits per heavy atom. The molecule has 1 heterocycles. The van der Waals surface area contributed by atoms with Crippen molar-refractivity contribution in [2.75, 3.05) is 0 Å². The van der Waals surface area contributed by atoms with E-state index in [-0.39, 0.29) is 5.60 Å². The summed E-state index contributed by atoms with van der Waals surface area (Å²) in [6.07, 6.45) is 7.95. The molecule has 0 unspecified atom stereocenters. The third-order valence-corrected chi connectivity index (χ3v) is 4.26. The molecule has 108 valence electrons. The largest absolute Gasteiger partial charge is 0.367 e. The highest BCUT2D eigenvalue weighted by Crippen LogP contribution is 2.39. The summed E-state index contributed by atoms with van der Waals surface area (Å²) in [5.41, 5.74) is 2.42. The van der Waals surface area contributed by atoms with Crippen LogP contribution in [0, 0.1) is 0 Å². The number of hydrogen-bond acceptors (Lipinski definition) is 1. The maximum absolute atomic E-state index is 6.32. The lowest BCUT2D eigenvalue weighted by molar-refractivity contribution is -0.0306. The van der Waals surface area contributed by atoms with Crippen molar-refractivity contribution >= 4 is 6.08 Å². The molecule has 0 spiro atoms. The van der Waals surface area contributed by atoms with Crippen molar-refractivity contribution in [3.8, 4) is 0 Å². The van der Waals surface area contributed by atoms with Crippen molar-refractivity contribution in [1.82, 2.24) is 0 Å². The molecule has 1 aliphatic rings. The minimum atomic E-state index is -0.119. The average molecular weight is 278 g/mol. The molecule has 0 radical (unpaired) electrons. The van der Waals surface area contributed by atoms with Gasteiger partial charge in [0.2, 0.25) is 0 Å². The van der Waals surface area contributed by atoms with Crippen molar-refractivity contribution in [2.45, 2.75) is 37.9 Å². The Kier molecular flexibility index (Phi) is 4.21. The number of hydrogen-bond donors (Lipinski definition) is 0. The highest BCUT2D eigenvalue weighted by Gasteiger charge is 2.36. The van der Waals surface area contributed by atoms with Gasteiger partial charge in [-0.15, -0.1) is 0 Å². The Bertz CT molecular complexity index is 588. The Morgan fingerprint density at radius 3 is 2.43 bits per heavy atom. The summed E-state index contributed by atoms with van der Waals surface area (Å²) in [5.74, 6) is 0. The lowest BCUT2D eigenvalue weighted by atomic mass is 9.93. The highest BCUT2D eigenvalue weighted by molar-refractivity contribution is 5.48. The topological polar surface area (TPSA) is 9.23 Å². The van der Waals surface area contributed by atoms with Gasteiger partial charge in [-0.1, -0.05) is 72.8 Å². The quantitative estimate of drug-likeness (QED) is 0.748. The summed E-state index contributed by atoms with van der Waals surface area (Å²) in [5, 5.41) is 0. The van der Waals surface area contributed by atoms with Crippen molar-refractivity contribution in [3.05, 3.63) is 77.9 Å². The molecule has 0 bridgehead atoms. The van der Waals surface area contributed by atoms with Gasteiger partial charge in [0.1, 0.15) is 0 Å². The molecule has 2 aromatic rings. The maximum atomic E-state index is 6.32. The molecule has 3 rings (SSSR count). The summed E-state index contributed by atoms with van der Waals surface area (Å²) >= 11 is 0. The average Bonchev–Trinajstić information content (AvgIpc) is 2.92. The summed E-state index contributed by atoms with van der Waals surface area (Å²) in [6, 6.07) is 21.0. The van der Waals surface area contributed by atoms with Gasteiger partial charge in [-0.3, -0.25) is 0 Å². The summed E-state index contributed by atoms with van der Waals surface area (Å²) in [6.45, 7) is 2.21. The number of benzene rings is 2. The van der Waals surface area contributed by atoms with Gasteiger partial charge in [0.05, 0.1) is 11.7 Å². The van der Waals surface area contributed by atoms with Gasteiger partial charge in [0.25, 0.3) is 0 Å². The second-order valence-corrected chi connectivity index (χ2v) is 5.92. The van der Waals surface area contributed by atoms with E-state index in [9.17, 15) is 0 Å². The molecule has 1 saturated heterocycles. The first kappa shape index (κ1) is 14.1. The fourth-order valence-corrected chi connectivity index (χ4v) is 3.01. The van der Waals surface area contributed by atoms with E-state index in [1.165, 1.54) is 11.1 Å². The Balaban J connectivity index is 1.59. The predicted octanol–water partition coefficient (Wildman–Crippen LogP) is 5.18. The summed E-state index contributed by atoms with van der Waals surface area (Å²) in [7, 11) is 0. The van der Waals surface area contributed by atoms with Crippen molar-refractivity contribution < 1.29 is 4.74 Å². The van der Waals surface area contributed by atoms with Crippen LogP contribution >= 0.6 is 0 Å². The zero-order valence-electron chi connectivity index (χ0n) is 12.5. The molecule has 0 aromatic heterocycles. The maximum Gasteiger partial charge on any atom is 0.0908 e. The van der Waals surface area contributed by atoms with Crippen LogP contribution in [0.15, 0.2) is 66.7 Å². The van der Waals surface area contributed by atoms with Crippen LogP contribution in [0.1, 0.15) is 37.3 Å². The monoisotopic (exact) mass is 278 g/mol. The summed E-state index contributed by atoms with van der Waals surface area (Å²) in [4.78, 5) is 0. The first-order valence-electron chi connectivity index (χ1n) is 7.71. The lowest BCUT2D eigenvalue weighted by Crippen LogP contribution is -2.22. The van der Waals surface area contributed by atoms with Crippen LogP contribution in [0.4, 0.5) is 0 Å². The first-order valence-corrected chi connectivity index (χ1v) is 7.71. The highest BCUT2D eigenvalue weighted by atomic mass is 16.5. The molecule has 0 N–H and O–H groups in total. The predicted molar refractivity (Wildman–Crippen MR) is 88.0 cm³/mol. The van der Waals surface area contributed by atoms with E-state index < -0.39 is 0 Å². The Hall–Kier alpha value is -1.86. The van der Waals surface area contributed by atoms with Crippen LogP contribution in [0.2, 0.25) is 0 Å². The van der Waals surface area contributed by atoms with Gasteiger partial charge in [0, 0.05) is 0 Å². The van der Waals surface area contributed by atoms with Gasteiger partial charge in [-0.25, -0.2) is 0 Å². The molecular formula is C20H22O. The molecule has 1 aliphatic heterocycles. The van der Waals surface area contributed by atoms with Gasteiger partial charge in [-0.2, -0.15) is 0 Å². The van der Waals surface area contributed by atoms with E-state index in [4.69, 9.17) is 4.74 Å². The minimum absolute atomic E-state index is 0.119. The number of ether oxygens (including phenoxy) is 1. The zero-order valence-corrected chi connectivity index (χ0v) is 12.5. The van der Waals surface area contributed by atoms with Gasteiger partial charge in [0.15, 0.2) is 0 Å².